The molecule has 2 aromatic rings. The van der Waals surface area contributed by atoms with Crippen molar-refractivity contribution >= 4 is 17.6 Å². The Hall–Kier alpha value is -2.75. The molecule has 0 saturated heterocycles. The number of hydrogen-bond donors (Lipinski definition) is 2. The summed E-state index contributed by atoms with van der Waals surface area (Å²) in [4.78, 5) is 11.4. The number of ether oxygens (including phenoxy) is 1. The van der Waals surface area contributed by atoms with Gasteiger partial charge in [0.05, 0.1) is 12.2 Å². The lowest BCUT2D eigenvalue weighted by Gasteiger charge is -2.05. The van der Waals surface area contributed by atoms with E-state index in [1.807, 2.05) is 6.92 Å². The number of phenols is 1. The van der Waals surface area contributed by atoms with Gasteiger partial charge in [0.25, 0.3) is 0 Å². The van der Waals surface area contributed by atoms with Crippen LogP contribution in [-0.2, 0) is 4.79 Å². The highest BCUT2D eigenvalue weighted by molar-refractivity contribution is 6.20. The molecule has 0 aliphatic carbocycles. The van der Waals surface area contributed by atoms with Gasteiger partial charge in [-0.1, -0.05) is 24.3 Å². The molecule has 2 N–H and O–H groups in total. The van der Waals surface area contributed by atoms with Gasteiger partial charge in [0.15, 0.2) is 0 Å². The van der Waals surface area contributed by atoms with E-state index >= 15 is 0 Å². The maximum absolute atomic E-state index is 11.4. The van der Waals surface area contributed by atoms with Gasteiger partial charge in [-0.15, -0.1) is 0 Å². The van der Waals surface area contributed by atoms with Crippen molar-refractivity contribution in [2.45, 2.75) is 6.92 Å². The van der Waals surface area contributed by atoms with Gasteiger partial charge >= 0.3 is 5.97 Å². The quantitative estimate of drug-likeness (QED) is 0.652. The third-order valence-corrected chi connectivity index (χ3v) is 2.91. The highest BCUT2D eigenvalue weighted by Gasteiger charge is 2.10. The number of carbonyl (C=O) groups is 1. The first-order chi connectivity index (χ1) is 10.1. The molecular formula is C17H16O4. The first-order valence-electron chi connectivity index (χ1n) is 6.57. The number of aliphatic carboxylic acids is 1. The van der Waals surface area contributed by atoms with Gasteiger partial charge in [-0.3, -0.25) is 0 Å². The number of carboxylic acids is 1. The van der Waals surface area contributed by atoms with Crippen LogP contribution in [0.1, 0.15) is 18.1 Å². The first kappa shape index (κ1) is 14.7. The van der Waals surface area contributed by atoms with E-state index in [9.17, 15) is 15.0 Å². The number of rotatable bonds is 5. The Balaban J connectivity index is 2.33. The minimum atomic E-state index is -1.02. The largest absolute Gasteiger partial charge is 0.508 e. The monoisotopic (exact) mass is 284 g/mol. The number of phenolic OH excluding ortho intramolecular Hbond substituents is 1. The van der Waals surface area contributed by atoms with Crippen LogP contribution < -0.4 is 4.74 Å². The van der Waals surface area contributed by atoms with E-state index < -0.39 is 5.97 Å². The number of benzene rings is 2. The van der Waals surface area contributed by atoms with E-state index in [0.717, 1.165) is 11.3 Å². The van der Waals surface area contributed by atoms with Crippen LogP contribution in [0, 0.1) is 0 Å². The summed E-state index contributed by atoms with van der Waals surface area (Å²) in [6.07, 6.45) is 1.59. The summed E-state index contributed by atoms with van der Waals surface area (Å²) in [5, 5.41) is 18.6. The van der Waals surface area contributed by atoms with E-state index in [1.165, 1.54) is 12.1 Å². The number of hydrogen-bond acceptors (Lipinski definition) is 3. The summed E-state index contributed by atoms with van der Waals surface area (Å²) < 4.78 is 5.35. The molecule has 0 spiro atoms. The van der Waals surface area contributed by atoms with Crippen molar-refractivity contribution in [3.63, 3.8) is 0 Å². The Morgan fingerprint density at radius 2 is 1.71 bits per heavy atom. The summed E-state index contributed by atoms with van der Waals surface area (Å²) in [6.45, 7) is 2.49. The fourth-order valence-corrected chi connectivity index (χ4v) is 1.90. The van der Waals surface area contributed by atoms with Crippen molar-refractivity contribution in [3.8, 4) is 11.5 Å². The zero-order valence-electron chi connectivity index (χ0n) is 11.6. The van der Waals surface area contributed by atoms with Crippen molar-refractivity contribution in [3.05, 3.63) is 59.7 Å². The lowest BCUT2D eigenvalue weighted by atomic mass is 10.0. The summed E-state index contributed by atoms with van der Waals surface area (Å²) >= 11 is 0. The average Bonchev–Trinajstić information content (AvgIpc) is 2.47. The lowest BCUT2D eigenvalue weighted by molar-refractivity contribution is -0.130. The van der Waals surface area contributed by atoms with Crippen LogP contribution >= 0.6 is 0 Å². The van der Waals surface area contributed by atoms with Crippen molar-refractivity contribution in [1.82, 2.24) is 0 Å². The average molecular weight is 284 g/mol. The van der Waals surface area contributed by atoms with E-state index in [1.54, 1.807) is 42.5 Å². The minimum absolute atomic E-state index is 0.101. The van der Waals surface area contributed by atoms with Gasteiger partial charge in [-0.25, -0.2) is 4.79 Å². The predicted molar refractivity (Wildman–Crippen MR) is 81.2 cm³/mol. The number of aromatic hydroxyl groups is 1. The highest BCUT2D eigenvalue weighted by Crippen LogP contribution is 2.22. The zero-order chi connectivity index (χ0) is 15.2. The smallest absolute Gasteiger partial charge is 0.336 e. The molecule has 0 aliphatic rings. The molecule has 2 aromatic carbocycles. The summed E-state index contributed by atoms with van der Waals surface area (Å²) in [5.41, 5.74) is 1.47. The van der Waals surface area contributed by atoms with Crippen molar-refractivity contribution in [2.24, 2.45) is 0 Å². The molecule has 0 atom stereocenters. The van der Waals surface area contributed by atoms with Crippen LogP contribution in [-0.4, -0.2) is 22.8 Å². The summed E-state index contributed by atoms with van der Waals surface area (Å²) in [7, 11) is 0. The van der Waals surface area contributed by atoms with E-state index in [2.05, 4.69) is 0 Å². The topological polar surface area (TPSA) is 66.8 Å². The molecule has 0 heterocycles. The molecule has 2 rings (SSSR count). The standard InChI is InChI=1S/C17H16O4/c1-2-21-15-9-3-12(4-10-15)11-16(17(19)20)13-5-7-14(18)8-6-13/h3-11,18H,2H2,1H3,(H,19,20)/b16-11+. The summed E-state index contributed by atoms with van der Waals surface area (Å²) in [6, 6.07) is 13.3. The third-order valence-electron chi connectivity index (χ3n) is 2.91. The molecule has 0 aromatic heterocycles. The molecule has 4 nitrogen and oxygen atoms in total. The van der Waals surface area contributed by atoms with Crippen LogP contribution in [0.2, 0.25) is 0 Å². The Morgan fingerprint density at radius 1 is 1.10 bits per heavy atom. The molecule has 4 heteroatoms. The van der Waals surface area contributed by atoms with Crippen molar-refractivity contribution in [2.75, 3.05) is 6.61 Å². The van der Waals surface area contributed by atoms with Crippen LogP contribution in [0.25, 0.3) is 11.6 Å². The molecule has 0 fully saturated rings. The molecular weight excluding hydrogens is 268 g/mol. The fourth-order valence-electron chi connectivity index (χ4n) is 1.90. The van der Waals surface area contributed by atoms with Crippen molar-refractivity contribution in [1.29, 1.82) is 0 Å². The lowest BCUT2D eigenvalue weighted by Crippen LogP contribution is -1.99. The van der Waals surface area contributed by atoms with Crippen LogP contribution in [0.15, 0.2) is 48.5 Å². The van der Waals surface area contributed by atoms with Gasteiger partial charge in [0.2, 0.25) is 0 Å². The second-order valence-electron chi connectivity index (χ2n) is 4.41. The van der Waals surface area contributed by atoms with E-state index in [4.69, 9.17) is 4.74 Å². The molecule has 0 bridgehead atoms. The van der Waals surface area contributed by atoms with Crippen molar-refractivity contribution < 1.29 is 19.7 Å². The molecule has 21 heavy (non-hydrogen) atoms. The van der Waals surface area contributed by atoms with Gasteiger partial charge in [-0.2, -0.15) is 0 Å². The zero-order valence-corrected chi connectivity index (χ0v) is 11.6. The summed E-state index contributed by atoms with van der Waals surface area (Å²) in [5.74, 6) is -0.171. The number of carboxylic acid groups (broad SMARTS) is 1. The molecule has 0 unspecified atom stereocenters. The van der Waals surface area contributed by atoms with Crippen LogP contribution in [0.3, 0.4) is 0 Å². The van der Waals surface area contributed by atoms with Gasteiger partial charge < -0.3 is 14.9 Å². The maximum Gasteiger partial charge on any atom is 0.336 e. The van der Waals surface area contributed by atoms with Gasteiger partial charge in [-0.05, 0) is 48.4 Å². The Bertz CT molecular complexity index is 639. The van der Waals surface area contributed by atoms with Crippen LogP contribution in [0.4, 0.5) is 0 Å². The Morgan fingerprint density at radius 3 is 2.24 bits per heavy atom. The highest BCUT2D eigenvalue weighted by atomic mass is 16.5. The van der Waals surface area contributed by atoms with E-state index in [-0.39, 0.29) is 11.3 Å². The van der Waals surface area contributed by atoms with Gasteiger partial charge in [0.1, 0.15) is 11.5 Å². The van der Waals surface area contributed by atoms with E-state index in [0.29, 0.717) is 12.2 Å². The minimum Gasteiger partial charge on any atom is -0.508 e. The molecule has 0 aliphatic heterocycles. The molecule has 0 radical (unpaired) electrons. The molecule has 0 saturated carbocycles. The SMILES string of the molecule is CCOc1ccc(/C=C(/C(=O)O)c2ccc(O)cc2)cc1. The maximum atomic E-state index is 11.4. The van der Waals surface area contributed by atoms with Gasteiger partial charge in [0, 0.05) is 0 Å². The Labute approximate surface area is 122 Å². The first-order valence-corrected chi connectivity index (χ1v) is 6.57. The molecule has 108 valence electrons. The second-order valence-corrected chi connectivity index (χ2v) is 4.41. The molecule has 0 amide bonds. The van der Waals surface area contributed by atoms with Crippen LogP contribution in [0.5, 0.6) is 11.5 Å². The fraction of sp³-hybridized carbons (Fsp3) is 0.118. The normalized spacial score (nSPS) is 11.2. The Kier molecular flexibility index (Phi) is 4.61. The second kappa shape index (κ2) is 6.61. The predicted octanol–water partition coefficient (Wildman–Crippen LogP) is 3.42. The third kappa shape index (κ3) is 3.86.